The molecule has 2 aromatic rings. The number of nitrogens with one attached hydrogen (secondary N) is 1. The van der Waals surface area contributed by atoms with Gasteiger partial charge in [0.2, 0.25) is 0 Å². The van der Waals surface area contributed by atoms with Crippen molar-refractivity contribution in [2.75, 3.05) is 13.7 Å². The van der Waals surface area contributed by atoms with Crippen molar-refractivity contribution in [1.29, 1.82) is 0 Å². The fourth-order valence-corrected chi connectivity index (χ4v) is 2.31. The topological polar surface area (TPSA) is 59.9 Å². The minimum atomic E-state index is -0.282. The minimum Gasteiger partial charge on any atom is -0.493 e. The predicted molar refractivity (Wildman–Crippen MR) is 95.4 cm³/mol. The summed E-state index contributed by atoms with van der Waals surface area (Å²) in [5, 5.41) is 4.37. The van der Waals surface area contributed by atoms with Gasteiger partial charge in [-0.25, -0.2) is 5.43 Å². The van der Waals surface area contributed by atoms with E-state index in [1.807, 2.05) is 26.0 Å². The van der Waals surface area contributed by atoms with Gasteiger partial charge < -0.3 is 9.47 Å². The maximum absolute atomic E-state index is 12.0. The van der Waals surface area contributed by atoms with E-state index in [-0.39, 0.29) is 5.91 Å². The Hall–Kier alpha value is -2.53. The van der Waals surface area contributed by atoms with E-state index in [1.54, 1.807) is 24.3 Å². The quantitative estimate of drug-likeness (QED) is 0.639. The number of methoxy groups -OCH3 is 1. The molecular weight excluding hydrogens is 328 g/mol. The molecule has 0 radical (unpaired) electrons. The van der Waals surface area contributed by atoms with Crippen LogP contribution >= 0.6 is 11.6 Å². The van der Waals surface area contributed by atoms with Crippen molar-refractivity contribution in [3.8, 4) is 11.5 Å². The summed E-state index contributed by atoms with van der Waals surface area (Å²) >= 11 is 6.19. The lowest BCUT2D eigenvalue weighted by atomic mass is 10.1. The lowest BCUT2D eigenvalue weighted by Gasteiger charge is -2.11. The third-order valence-electron chi connectivity index (χ3n) is 3.23. The molecule has 0 saturated heterocycles. The first-order valence-electron chi connectivity index (χ1n) is 7.45. The highest BCUT2D eigenvalue weighted by atomic mass is 35.5. The lowest BCUT2D eigenvalue weighted by molar-refractivity contribution is 0.0955. The molecule has 1 amide bonds. The second-order valence-electron chi connectivity index (χ2n) is 5.03. The van der Waals surface area contributed by atoms with Crippen molar-refractivity contribution >= 4 is 23.7 Å². The molecule has 0 saturated carbocycles. The summed E-state index contributed by atoms with van der Waals surface area (Å²) in [5.41, 5.74) is 4.79. The molecule has 0 aliphatic rings. The van der Waals surface area contributed by atoms with Crippen LogP contribution in [-0.4, -0.2) is 25.8 Å². The number of carbonyl (C=O) groups excluding carboxylic acids is 1. The average molecular weight is 347 g/mol. The van der Waals surface area contributed by atoms with Gasteiger partial charge in [-0.2, -0.15) is 5.10 Å². The Morgan fingerprint density at radius 3 is 2.62 bits per heavy atom. The Labute approximate surface area is 146 Å². The first-order chi connectivity index (χ1) is 11.5. The molecule has 2 aromatic carbocycles. The van der Waals surface area contributed by atoms with Crippen LogP contribution in [0.5, 0.6) is 11.5 Å². The van der Waals surface area contributed by atoms with Crippen LogP contribution in [0.3, 0.4) is 0 Å². The summed E-state index contributed by atoms with van der Waals surface area (Å²) < 4.78 is 10.7. The van der Waals surface area contributed by atoms with Gasteiger partial charge in [0.1, 0.15) is 0 Å². The van der Waals surface area contributed by atoms with Gasteiger partial charge in [0.25, 0.3) is 5.91 Å². The van der Waals surface area contributed by atoms with E-state index in [0.29, 0.717) is 34.3 Å². The first kappa shape index (κ1) is 17.8. The van der Waals surface area contributed by atoms with E-state index in [2.05, 4.69) is 10.5 Å². The van der Waals surface area contributed by atoms with E-state index in [9.17, 15) is 4.79 Å². The normalized spacial score (nSPS) is 10.7. The van der Waals surface area contributed by atoms with Gasteiger partial charge in [0, 0.05) is 5.56 Å². The van der Waals surface area contributed by atoms with Crippen LogP contribution in [0.4, 0.5) is 0 Å². The van der Waals surface area contributed by atoms with Gasteiger partial charge in [-0.1, -0.05) is 29.3 Å². The molecule has 5 nitrogen and oxygen atoms in total. The van der Waals surface area contributed by atoms with Crippen molar-refractivity contribution < 1.29 is 14.3 Å². The molecule has 0 aliphatic carbocycles. The van der Waals surface area contributed by atoms with E-state index in [1.165, 1.54) is 13.3 Å². The molecule has 0 atom stereocenters. The monoisotopic (exact) mass is 346 g/mol. The van der Waals surface area contributed by atoms with Gasteiger partial charge >= 0.3 is 0 Å². The molecule has 24 heavy (non-hydrogen) atoms. The fraction of sp³-hybridized carbons (Fsp3) is 0.222. The van der Waals surface area contributed by atoms with Gasteiger partial charge in [-0.05, 0) is 43.7 Å². The van der Waals surface area contributed by atoms with Gasteiger partial charge in [-0.3, -0.25) is 4.79 Å². The Bertz CT molecular complexity index is 743. The van der Waals surface area contributed by atoms with Crippen LogP contribution in [0.1, 0.15) is 28.4 Å². The molecule has 2 rings (SSSR count). The van der Waals surface area contributed by atoms with Crippen LogP contribution in [-0.2, 0) is 0 Å². The Kier molecular flexibility index (Phi) is 6.21. The molecule has 0 spiro atoms. The standard InChI is InChI=1S/C18H19ClN2O3/c1-4-24-17-15(19)9-13(10-16(17)23-3)11-20-21-18(22)14-7-5-12(2)6-8-14/h5-11H,4H2,1-3H3,(H,21,22)/b20-11-. The molecule has 0 bridgehead atoms. The van der Waals surface area contributed by atoms with Gasteiger partial charge in [0.15, 0.2) is 11.5 Å². The van der Waals surface area contributed by atoms with E-state index >= 15 is 0 Å². The summed E-state index contributed by atoms with van der Waals surface area (Å²) in [6, 6.07) is 10.7. The highest BCUT2D eigenvalue weighted by Crippen LogP contribution is 2.35. The zero-order valence-corrected chi connectivity index (χ0v) is 14.6. The molecule has 0 aromatic heterocycles. The highest BCUT2D eigenvalue weighted by Gasteiger charge is 2.11. The van der Waals surface area contributed by atoms with Crippen LogP contribution in [0.2, 0.25) is 5.02 Å². The maximum Gasteiger partial charge on any atom is 0.271 e. The van der Waals surface area contributed by atoms with Crippen LogP contribution in [0.25, 0.3) is 0 Å². The fourth-order valence-electron chi connectivity index (χ4n) is 2.03. The van der Waals surface area contributed by atoms with Crippen LogP contribution in [0.15, 0.2) is 41.5 Å². The Balaban J connectivity index is 2.10. The molecule has 0 unspecified atom stereocenters. The molecule has 0 fully saturated rings. The summed E-state index contributed by atoms with van der Waals surface area (Å²) in [5.74, 6) is 0.716. The summed E-state index contributed by atoms with van der Waals surface area (Å²) in [7, 11) is 1.54. The number of ether oxygens (including phenoxy) is 2. The highest BCUT2D eigenvalue weighted by molar-refractivity contribution is 6.32. The average Bonchev–Trinajstić information content (AvgIpc) is 2.57. The number of carbonyl (C=O) groups is 1. The second kappa shape index (κ2) is 8.36. The lowest BCUT2D eigenvalue weighted by Crippen LogP contribution is -2.17. The summed E-state index contributed by atoms with van der Waals surface area (Å²) in [6.45, 7) is 4.31. The van der Waals surface area contributed by atoms with E-state index < -0.39 is 0 Å². The van der Waals surface area contributed by atoms with E-state index in [4.69, 9.17) is 21.1 Å². The summed E-state index contributed by atoms with van der Waals surface area (Å²) in [6.07, 6.45) is 1.50. The third-order valence-corrected chi connectivity index (χ3v) is 3.51. The molecule has 126 valence electrons. The number of benzene rings is 2. The number of nitrogens with zero attached hydrogens (tertiary/aromatic N) is 1. The largest absolute Gasteiger partial charge is 0.493 e. The van der Waals surface area contributed by atoms with E-state index in [0.717, 1.165) is 5.56 Å². The minimum absolute atomic E-state index is 0.282. The van der Waals surface area contributed by atoms with Crippen molar-refractivity contribution in [2.24, 2.45) is 5.10 Å². The SMILES string of the molecule is CCOc1c(Cl)cc(/C=N\NC(=O)c2ccc(C)cc2)cc1OC. The molecule has 0 heterocycles. The molecule has 0 aliphatic heterocycles. The Morgan fingerprint density at radius 1 is 1.29 bits per heavy atom. The van der Waals surface area contributed by atoms with Gasteiger partial charge in [-0.15, -0.1) is 0 Å². The number of hydrazone groups is 1. The zero-order chi connectivity index (χ0) is 17.5. The number of halogens is 1. The second-order valence-corrected chi connectivity index (χ2v) is 5.44. The molecule has 1 N–H and O–H groups in total. The van der Waals surface area contributed by atoms with Crippen LogP contribution < -0.4 is 14.9 Å². The number of rotatable bonds is 6. The van der Waals surface area contributed by atoms with Crippen molar-refractivity contribution in [2.45, 2.75) is 13.8 Å². The smallest absolute Gasteiger partial charge is 0.271 e. The summed E-state index contributed by atoms with van der Waals surface area (Å²) in [4.78, 5) is 12.0. The number of hydrogen-bond acceptors (Lipinski definition) is 4. The van der Waals surface area contributed by atoms with Gasteiger partial charge in [0.05, 0.1) is 25.0 Å². The maximum atomic E-state index is 12.0. The molecule has 6 heteroatoms. The van der Waals surface area contributed by atoms with Crippen LogP contribution in [0, 0.1) is 6.92 Å². The van der Waals surface area contributed by atoms with Crippen molar-refractivity contribution in [3.63, 3.8) is 0 Å². The zero-order valence-electron chi connectivity index (χ0n) is 13.8. The van der Waals surface area contributed by atoms with Crippen molar-refractivity contribution in [3.05, 3.63) is 58.1 Å². The first-order valence-corrected chi connectivity index (χ1v) is 7.83. The van der Waals surface area contributed by atoms with Crippen molar-refractivity contribution in [1.82, 2.24) is 5.43 Å². The number of aryl methyl sites for hydroxylation is 1. The predicted octanol–water partition coefficient (Wildman–Crippen LogP) is 3.82. The number of amides is 1. The Morgan fingerprint density at radius 2 is 2.00 bits per heavy atom. The number of hydrogen-bond donors (Lipinski definition) is 1. The molecular formula is C18H19ClN2O3. The third kappa shape index (κ3) is 4.49.